The molecule has 0 spiro atoms. The van der Waals surface area contributed by atoms with Gasteiger partial charge in [-0.15, -0.1) is 0 Å². The molecule has 0 saturated carbocycles. The molecule has 0 atom stereocenters. The highest BCUT2D eigenvalue weighted by atomic mass is 32.1. The summed E-state index contributed by atoms with van der Waals surface area (Å²) >= 11 is 1.54. The zero-order chi connectivity index (χ0) is 21.0. The third-order valence-electron chi connectivity index (χ3n) is 4.16. The number of pyridine rings is 1. The summed E-state index contributed by atoms with van der Waals surface area (Å²) in [5.74, 6) is 1.99. The molecule has 3 aromatic heterocycles. The summed E-state index contributed by atoms with van der Waals surface area (Å²) < 4.78 is 0. The third kappa shape index (κ3) is 7.05. The van der Waals surface area contributed by atoms with E-state index in [1.54, 1.807) is 18.5 Å². The lowest BCUT2D eigenvalue weighted by atomic mass is 10.2. The van der Waals surface area contributed by atoms with Crippen LogP contribution in [0.5, 0.6) is 0 Å². The molecule has 1 aliphatic rings. The molecular formula is C20H26N8OS. The van der Waals surface area contributed by atoms with Crippen LogP contribution in [0.2, 0.25) is 0 Å². The molecule has 1 aliphatic heterocycles. The van der Waals surface area contributed by atoms with Gasteiger partial charge in [-0.2, -0.15) is 0 Å². The maximum atomic E-state index is 10.2. The monoisotopic (exact) mass is 426 g/mol. The van der Waals surface area contributed by atoms with Gasteiger partial charge in [-0.05, 0) is 50.6 Å². The summed E-state index contributed by atoms with van der Waals surface area (Å²) in [5, 5.41) is 12.9. The Hall–Kier alpha value is -3.11. The van der Waals surface area contributed by atoms with Crippen molar-refractivity contribution in [3.63, 3.8) is 0 Å². The van der Waals surface area contributed by atoms with Gasteiger partial charge in [0, 0.05) is 37.7 Å². The summed E-state index contributed by atoms with van der Waals surface area (Å²) in [7, 11) is 0. The van der Waals surface area contributed by atoms with Crippen molar-refractivity contribution in [3.05, 3.63) is 42.6 Å². The standard InChI is InChI=1S/C16H17N7OS.C4H9N/c1-11-21-14(19-7-6-18-10-24)8-15(22-11)23-16-20-9-13(25-16)12-2-4-17-5-3-12;1-2-4-5-3-1/h2-5,8-10H,6-7H2,1H3,(H,18,24)(H2,19,20,21,22,23);5H,1-4H2. The molecule has 0 unspecified atom stereocenters. The first kappa shape index (κ1) is 21.6. The summed E-state index contributed by atoms with van der Waals surface area (Å²) in [4.78, 5) is 28.4. The molecule has 10 heteroatoms. The quantitative estimate of drug-likeness (QED) is 0.321. The Balaban J connectivity index is 0.000000448. The lowest BCUT2D eigenvalue weighted by Crippen LogP contribution is -2.21. The van der Waals surface area contributed by atoms with Gasteiger partial charge in [0.1, 0.15) is 17.5 Å². The molecule has 0 aromatic carbocycles. The van der Waals surface area contributed by atoms with Crippen LogP contribution < -0.4 is 21.3 Å². The van der Waals surface area contributed by atoms with Gasteiger partial charge in [0.05, 0.1) is 4.88 Å². The predicted molar refractivity (Wildman–Crippen MR) is 120 cm³/mol. The fourth-order valence-corrected chi connectivity index (χ4v) is 3.59. The van der Waals surface area contributed by atoms with Crippen LogP contribution in [0.15, 0.2) is 36.8 Å². The highest BCUT2D eigenvalue weighted by molar-refractivity contribution is 7.18. The van der Waals surface area contributed by atoms with Crippen LogP contribution in [0.4, 0.5) is 16.8 Å². The van der Waals surface area contributed by atoms with Crippen LogP contribution in [0.1, 0.15) is 18.7 Å². The lowest BCUT2D eigenvalue weighted by Gasteiger charge is -2.08. The number of carbonyl (C=O) groups excluding carboxylic acids is 1. The lowest BCUT2D eigenvalue weighted by molar-refractivity contribution is -0.109. The molecule has 4 rings (SSSR count). The molecule has 158 valence electrons. The van der Waals surface area contributed by atoms with E-state index in [0.29, 0.717) is 37.0 Å². The van der Waals surface area contributed by atoms with Gasteiger partial charge in [0.15, 0.2) is 5.13 Å². The fraction of sp³-hybridized carbons (Fsp3) is 0.350. The van der Waals surface area contributed by atoms with Gasteiger partial charge in [-0.1, -0.05) is 11.3 Å². The number of amides is 1. The Morgan fingerprint density at radius 3 is 2.60 bits per heavy atom. The van der Waals surface area contributed by atoms with E-state index in [1.807, 2.05) is 25.3 Å². The minimum absolute atomic E-state index is 0.525. The molecule has 1 fully saturated rings. The minimum Gasteiger partial charge on any atom is -0.368 e. The maximum absolute atomic E-state index is 10.2. The normalized spacial score (nSPS) is 12.6. The topological polar surface area (TPSA) is 117 Å². The van der Waals surface area contributed by atoms with Crippen LogP contribution in [0, 0.1) is 6.92 Å². The second kappa shape index (κ2) is 11.8. The summed E-state index contributed by atoms with van der Waals surface area (Å²) in [5.41, 5.74) is 1.07. The number of hydrogen-bond acceptors (Lipinski definition) is 9. The fourth-order valence-electron chi connectivity index (χ4n) is 2.76. The van der Waals surface area contributed by atoms with Crippen LogP contribution in [-0.4, -0.2) is 52.5 Å². The zero-order valence-corrected chi connectivity index (χ0v) is 17.7. The second-order valence-electron chi connectivity index (χ2n) is 6.53. The van der Waals surface area contributed by atoms with E-state index in [4.69, 9.17) is 0 Å². The van der Waals surface area contributed by atoms with Crippen LogP contribution >= 0.6 is 11.3 Å². The summed E-state index contributed by atoms with van der Waals surface area (Å²) in [6, 6.07) is 5.70. The Kier molecular flexibility index (Phi) is 8.48. The first-order valence-corrected chi connectivity index (χ1v) is 10.7. The van der Waals surface area contributed by atoms with Crippen molar-refractivity contribution in [2.75, 3.05) is 36.8 Å². The first-order valence-electron chi connectivity index (χ1n) is 9.85. The number of hydrogen-bond donors (Lipinski definition) is 4. The molecule has 4 heterocycles. The number of anilines is 3. The molecule has 9 nitrogen and oxygen atoms in total. The SMILES string of the molecule is C1CCNC1.Cc1nc(NCCNC=O)cc(Nc2ncc(-c3ccncc3)s2)n1. The summed E-state index contributed by atoms with van der Waals surface area (Å²) in [6.45, 7) is 5.43. The number of aryl methyl sites for hydroxylation is 1. The van der Waals surface area contributed by atoms with Gasteiger partial charge in [0.2, 0.25) is 6.41 Å². The molecule has 0 radical (unpaired) electrons. The van der Waals surface area contributed by atoms with Gasteiger partial charge in [-0.25, -0.2) is 15.0 Å². The highest BCUT2D eigenvalue weighted by Gasteiger charge is 2.07. The van der Waals surface area contributed by atoms with Gasteiger partial charge >= 0.3 is 0 Å². The Labute approximate surface area is 179 Å². The predicted octanol–water partition coefficient (Wildman–Crippen LogP) is 2.57. The van der Waals surface area contributed by atoms with Crippen molar-refractivity contribution in [1.29, 1.82) is 0 Å². The molecule has 0 bridgehead atoms. The smallest absolute Gasteiger partial charge is 0.207 e. The van der Waals surface area contributed by atoms with Crippen molar-refractivity contribution in [2.24, 2.45) is 0 Å². The van der Waals surface area contributed by atoms with Crippen molar-refractivity contribution >= 4 is 34.5 Å². The van der Waals surface area contributed by atoms with E-state index in [-0.39, 0.29) is 0 Å². The van der Waals surface area contributed by atoms with E-state index >= 15 is 0 Å². The van der Waals surface area contributed by atoms with E-state index in [9.17, 15) is 4.79 Å². The average molecular weight is 427 g/mol. The van der Waals surface area contributed by atoms with Crippen LogP contribution in [-0.2, 0) is 4.79 Å². The van der Waals surface area contributed by atoms with Gasteiger partial charge in [0.25, 0.3) is 0 Å². The molecular weight excluding hydrogens is 400 g/mol. The third-order valence-corrected chi connectivity index (χ3v) is 5.12. The Morgan fingerprint density at radius 2 is 1.90 bits per heavy atom. The van der Waals surface area contributed by atoms with Crippen molar-refractivity contribution in [2.45, 2.75) is 19.8 Å². The van der Waals surface area contributed by atoms with E-state index in [0.717, 1.165) is 15.6 Å². The van der Waals surface area contributed by atoms with Crippen LogP contribution in [0.25, 0.3) is 10.4 Å². The summed E-state index contributed by atoms with van der Waals surface area (Å²) in [6.07, 6.45) is 8.78. The van der Waals surface area contributed by atoms with Crippen molar-refractivity contribution in [1.82, 2.24) is 30.6 Å². The van der Waals surface area contributed by atoms with E-state index < -0.39 is 0 Å². The number of rotatable bonds is 8. The number of thiazole rings is 1. The largest absolute Gasteiger partial charge is 0.368 e. The molecule has 3 aromatic rings. The molecule has 1 saturated heterocycles. The van der Waals surface area contributed by atoms with Crippen LogP contribution in [0.3, 0.4) is 0 Å². The molecule has 0 aliphatic carbocycles. The van der Waals surface area contributed by atoms with Crippen molar-refractivity contribution in [3.8, 4) is 10.4 Å². The maximum Gasteiger partial charge on any atom is 0.207 e. The molecule has 30 heavy (non-hydrogen) atoms. The Bertz CT molecular complexity index is 907. The van der Waals surface area contributed by atoms with Gasteiger partial charge in [-0.3, -0.25) is 9.78 Å². The molecule has 1 amide bonds. The van der Waals surface area contributed by atoms with Crippen molar-refractivity contribution < 1.29 is 4.79 Å². The highest BCUT2D eigenvalue weighted by Crippen LogP contribution is 2.30. The molecule has 4 N–H and O–H groups in total. The van der Waals surface area contributed by atoms with E-state index in [2.05, 4.69) is 41.2 Å². The second-order valence-corrected chi connectivity index (χ2v) is 7.56. The number of carbonyl (C=O) groups is 1. The minimum atomic E-state index is 0.525. The Morgan fingerprint density at radius 1 is 1.13 bits per heavy atom. The number of nitrogens with zero attached hydrogens (tertiary/aromatic N) is 4. The first-order chi connectivity index (χ1) is 14.7. The average Bonchev–Trinajstić information content (AvgIpc) is 3.47. The van der Waals surface area contributed by atoms with Gasteiger partial charge < -0.3 is 21.3 Å². The zero-order valence-electron chi connectivity index (χ0n) is 16.9. The number of nitrogens with one attached hydrogen (secondary N) is 4. The van der Waals surface area contributed by atoms with E-state index in [1.165, 1.54) is 37.3 Å². The number of aromatic nitrogens is 4.